The standard InChI is InChI=1S/C18H28N2O/c1-13-9-14(2)12-20(11-13)8-7-18(21)19-17-6-5-15(3)16(4)10-17/h5-6,10,13-14H,7-9,11-12H2,1-4H3,(H,19,21)/p+1/t13-,14+. The van der Waals surface area contributed by atoms with Crippen molar-refractivity contribution in [2.24, 2.45) is 11.8 Å². The summed E-state index contributed by atoms with van der Waals surface area (Å²) in [5.41, 5.74) is 3.39. The molecule has 0 radical (unpaired) electrons. The van der Waals surface area contributed by atoms with Gasteiger partial charge in [0.05, 0.1) is 26.1 Å². The lowest BCUT2D eigenvalue weighted by molar-refractivity contribution is -0.911. The molecule has 2 N–H and O–H groups in total. The summed E-state index contributed by atoms with van der Waals surface area (Å²) in [6, 6.07) is 6.09. The molecule has 21 heavy (non-hydrogen) atoms. The SMILES string of the molecule is Cc1ccc(NC(=O)CC[NH+]2C[C@H](C)C[C@H](C)C2)cc1C. The second kappa shape index (κ2) is 7.08. The molecule has 1 unspecified atom stereocenters. The Morgan fingerprint density at radius 2 is 1.86 bits per heavy atom. The summed E-state index contributed by atoms with van der Waals surface area (Å²) >= 11 is 0. The summed E-state index contributed by atoms with van der Waals surface area (Å²) in [4.78, 5) is 13.7. The molecule has 1 heterocycles. The zero-order valence-electron chi connectivity index (χ0n) is 13.8. The third-order valence-electron chi connectivity index (χ3n) is 4.58. The minimum absolute atomic E-state index is 0.136. The molecule has 1 aliphatic heterocycles. The van der Waals surface area contributed by atoms with Crippen LogP contribution < -0.4 is 10.2 Å². The number of hydrogen-bond donors (Lipinski definition) is 2. The number of rotatable bonds is 4. The first-order chi connectivity index (χ1) is 9.94. The van der Waals surface area contributed by atoms with Crippen LogP contribution in [0.3, 0.4) is 0 Å². The van der Waals surface area contributed by atoms with Gasteiger partial charge >= 0.3 is 0 Å². The molecule has 1 aliphatic rings. The predicted octanol–water partition coefficient (Wildman–Crippen LogP) is 2.19. The zero-order chi connectivity index (χ0) is 15.4. The van der Waals surface area contributed by atoms with E-state index in [1.807, 2.05) is 12.1 Å². The maximum Gasteiger partial charge on any atom is 0.230 e. The Balaban J connectivity index is 1.80. The summed E-state index contributed by atoms with van der Waals surface area (Å²) in [5, 5.41) is 3.02. The van der Waals surface area contributed by atoms with Crippen LogP contribution in [0.2, 0.25) is 0 Å². The number of hydrogen-bond acceptors (Lipinski definition) is 1. The summed E-state index contributed by atoms with van der Waals surface area (Å²) in [6.07, 6.45) is 1.94. The molecule has 1 aromatic carbocycles. The van der Waals surface area contributed by atoms with Crippen molar-refractivity contribution in [3.05, 3.63) is 29.3 Å². The van der Waals surface area contributed by atoms with Crippen molar-refractivity contribution < 1.29 is 9.69 Å². The molecule has 0 aliphatic carbocycles. The molecule has 3 nitrogen and oxygen atoms in total. The van der Waals surface area contributed by atoms with Crippen LogP contribution >= 0.6 is 0 Å². The molecule has 1 saturated heterocycles. The van der Waals surface area contributed by atoms with E-state index in [9.17, 15) is 4.79 Å². The van der Waals surface area contributed by atoms with Gasteiger partial charge in [0.2, 0.25) is 5.91 Å². The Hall–Kier alpha value is -1.35. The fourth-order valence-corrected chi connectivity index (χ4v) is 3.46. The molecule has 1 amide bonds. The first-order valence-corrected chi connectivity index (χ1v) is 8.14. The van der Waals surface area contributed by atoms with Gasteiger partial charge in [0, 0.05) is 17.5 Å². The van der Waals surface area contributed by atoms with Crippen LogP contribution in [-0.2, 0) is 4.79 Å². The van der Waals surface area contributed by atoms with Gasteiger partial charge in [0.15, 0.2) is 0 Å². The van der Waals surface area contributed by atoms with E-state index >= 15 is 0 Å². The number of benzene rings is 1. The second-order valence-electron chi connectivity index (χ2n) is 6.95. The van der Waals surface area contributed by atoms with E-state index in [1.54, 1.807) is 4.90 Å². The van der Waals surface area contributed by atoms with E-state index in [0.717, 1.165) is 24.1 Å². The molecular formula is C18H29N2O+. The highest BCUT2D eigenvalue weighted by atomic mass is 16.1. The van der Waals surface area contributed by atoms with Crippen LogP contribution in [0.5, 0.6) is 0 Å². The van der Waals surface area contributed by atoms with Gasteiger partial charge in [-0.05, 0) is 43.5 Å². The smallest absolute Gasteiger partial charge is 0.230 e. The summed E-state index contributed by atoms with van der Waals surface area (Å²) in [6.45, 7) is 12.2. The third kappa shape index (κ3) is 4.85. The largest absolute Gasteiger partial charge is 0.334 e. The zero-order valence-corrected chi connectivity index (χ0v) is 13.8. The predicted molar refractivity (Wildman–Crippen MR) is 87.7 cm³/mol. The Kier molecular flexibility index (Phi) is 5.40. The lowest BCUT2D eigenvalue weighted by atomic mass is 9.92. The maximum absolute atomic E-state index is 12.1. The van der Waals surface area contributed by atoms with Crippen molar-refractivity contribution in [3.8, 4) is 0 Å². The average molecular weight is 289 g/mol. The lowest BCUT2D eigenvalue weighted by Crippen LogP contribution is -3.14. The Bertz CT molecular complexity index is 488. The molecule has 1 aromatic rings. The number of carbonyl (C=O) groups is 1. The van der Waals surface area contributed by atoms with Crippen molar-refractivity contribution in [3.63, 3.8) is 0 Å². The van der Waals surface area contributed by atoms with Crippen molar-refractivity contribution in [1.29, 1.82) is 0 Å². The summed E-state index contributed by atoms with van der Waals surface area (Å²) in [7, 11) is 0. The monoisotopic (exact) mass is 289 g/mol. The van der Waals surface area contributed by atoms with Gasteiger partial charge in [0.25, 0.3) is 0 Å². The van der Waals surface area contributed by atoms with Gasteiger partial charge in [0.1, 0.15) is 0 Å². The minimum Gasteiger partial charge on any atom is -0.334 e. The number of amides is 1. The molecule has 3 heteroatoms. The topological polar surface area (TPSA) is 33.5 Å². The number of aryl methyl sites for hydroxylation is 2. The number of carbonyl (C=O) groups excluding carboxylic acids is 1. The van der Waals surface area contributed by atoms with Crippen LogP contribution in [0, 0.1) is 25.7 Å². The minimum atomic E-state index is 0.136. The molecule has 1 fully saturated rings. The van der Waals surface area contributed by atoms with Gasteiger partial charge in [-0.2, -0.15) is 0 Å². The highest BCUT2D eigenvalue weighted by Gasteiger charge is 2.25. The van der Waals surface area contributed by atoms with Gasteiger partial charge in [-0.1, -0.05) is 19.9 Å². The Morgan fingerprint density at radius 3 is 2.48 bits per heavy atom. The highest BCUT2D eigenvalue weighted by Crippen LogP contribution is 2.14. The fourth-order valence-electron chi connectivity index (χ4n) is 3.46. The quantitative estimate of drug-likeness (QED) is 0.875. The van der Waals surface area contributed by atoms with E-state index in [-0.39, 0.29) is 5.91 Å². The van der Waals surface area contributed by atoms with Crippen molar-refractivity contribution in [1.82, 2.24) is 0 Å². The van der Waals surface area contributed by atoms with Gasteiger partial charge in [-0.3, -0.25) is 4.79 Å². The van der Waals surface area contributed by atoms with Gasteiger partial charge in [-0.25, -0.2) is 0 Å². The fraction of sp³-hybridized carbons (Fsp3) is 0.611. The average Bonchev–Trinajstić information content (AvgIpc) is 2.40. The molecule has 3 atom stereocenters. The van der Waals surface area contributed by atoms with E-state index in [1.165, 1.54) is 30.6 Å². The molecular weight excluding hydrogens is 260 g/mol. The second-order valence-corrected chi connectivity index (χ2v) is 6.95. The van der Waals surface area contributed by atoms with Crippen LogP contribution in [-0.4, -0.2) is 25.5 Å². The Labute approximate surface area is 128 Å². The third-order valence-corrected chi connectivity index (χ3v) is 4.58. The maximum atomic E-state index is 12.1. The number of quaternary nitrogens is 1. The van der Waals surface area contributed by atoms with Crippen LogP contribution in [0.25, 0.3) is 0 Å². The molecule has 0 aromatic heterocycles. The summed E-state index contributed by atoms with van der Waals surface area (Å²) < 4.78 is 0. The molecule has 116 valence electrons. The van der Waals surface area contributed by atoms with E-state index in [0.29, 0.717) is 6.42 Å². The van der Waals surface area contributed by atoms with Gasteiger partial charge in [-0.15, -0.1) is 0 Å². The highest BCUT2D eigenvalue weighted by molar-refractivity contribution is 5.90. The molecule has 0 saturated carbocycles. The first-order valence-electron chi connectivity index (χ1n) is 8.14. The molecule has 0 spiro atoms. The first kappa shape index (κ1) is 16.0. The molecule has 0 bridgehead atoms. The number of anilines is 1. The number of nitrogens with one attached hydrogen (secondary N) is 2. The van der Waals surface area contributed by atoms with Crippen molar-refractivity contribution in [2.45, 2.75) is 40.5 Å². The van der Waals surface area contributed by atoms with Crippen LogP contribution in [0.15, 0.2) is 18.2 Å². The van der Waals surface area contributed by atoms with E-state index < -0.39 is 0 Å². The number of piperidine rings is 1. The lowest BCUT2D eigenvalue weighted by Gasteiger charge is -2.31. The Morgan fingerprint density at radius 1 is 1.19 bits per heavy atom. The summed E-state index contributed by atoms with van der Waals surface area (Å²) in [5.74, 6) is 1.70. The van der Waals surface area contributed by atoms with Crippen LogP contribution in [0.4, 0.5) is 5.69 Å². The van der Waals surface area contributed by atoms with Crippen molar-refractivity contribution in [2.75, 3.05) is 25.0 Å². The van der Waals surface area contributed by atoms with Gasteiger partial charge < -0.3 is 10.2 Å². The normalized spacial score (nSPS) is 25.6. The molecule has 2 rings (SSSR count). The van der Waals surface area contributed by atoms with Crippen molar-refractivity contribution >= 4 is 11.6 Å². The number of likely N-dealkylation sites (tertiary alicyclic amines) is 1. The van der Waals surface area contributed by atoms with Crippen LogP contribution in [0.1, 0.15) is 37.8 Å². The van der Waals surface area contributed by atoms with E-state index in [2.05, 4.69) is 39.1 Å². The van der Waals surface area contributed by atoms with E-state index in [4.69, 9.17) is 0 Å².